The Hall–Kier alpha value is -1.47. The number of hydrogen-bond donors (Lipinski definition) is 2. The lowest BCUT2D eigenvalue weighted by Gasteiger charge is -2.42. The standard InChI is InChI=1S/C20H26F3N3O.HI/c1-24-18(26-15-19(10-4-11-19)12-14-27-2)25-13-3-5-16-6-8-17(9-7-16)20(21,22)23;/h6-9H,4,10-15H2,1-2H3,(H2,24,25,26);1H. The van der Waals surface area contributed by atoms with Crippen molar-refractivity contribution in [3.63, 3.8) is 0 Å². The SMILES string of the molecule is CN=C(NCC#Cc1ccc(C(F)(F)F)cc1)NCC1(CCOC)CCC1.I. The maximum absolute atomic E-state index is 12.5. The number of halogens is 4. The molecule has 1 fully saturated rings. The predicted octanol–water partition coefficient (Wildman–Crippen LogP) is 4.05. The van der Waals surface area contributed by atoms with E-state index in [0.717, 1.165) is 31.7 Å². The van der Waals surface area contributed by atoms with E-state index in [1.165, 1.54) is 31.4 Å². The molecule has 1 aliphatic rings. The van der Waals surface area contributed by atoms with E-state index in [1.54, 1.807) is 14.2 Å². The van der Waals surface area contributed by atoms with Crippen LogP contribution in [0.1, 0.15) is 36.8 Å². The molecule has 28 heavy (non-hydrogen) atoms. The van der Waals surface area contributed by atoms with Gasteiger partial charge in [0, 0.05) is 32.9 Å². The van der Waals surface area contributed by atoms with Crippen LogP contribution in [0, 0.1) is 17.3 Å². The van der Waals surface area contributed by atoms with Crippen LogP contribution < -0.4 is 10.6 Å². The summed E-state index contributed by atoms with van der Waals surface area (Å²) in [4.78, 5) is 4.18. The second-order valence-corrected chi connectivity index (χ2v) is 6.75. The molecule has 4 nitrogen and oxygen atoms in total. The topological polar surface area (TPSA) is 45.7 Å². The smallest absolute Gasteiger partial charge is 0.385 e. The number of aliphatic imine (C=N–C) groups is 1. The zero-order valence-electron chi connectivity index (χ0n) is 16.2. The second kappa shape index (κ2) is 11.5. The number of ether oxygens (including phenoxy) is 1. The molecule has 0 aliphatic heterocycles. The van der Waals surface area contributed by atoms with Crippen LogP contribution >= 0.6 is 24.0 Å². The highest BCUT2D eigenvalue weighted by Gasteiger charge is 2.36. The normalized spacial score (nSPS) is 15.5. The number of rotatable bonds is 6. The number of hydrogen-bond acceptors (Lipinski definition) is 2. The zero-order chi connectivity index (χ0) is 19.8. The van der Waals surface area contributed by atoms with Gasteiger partial charge in [-0.2, -0.15) is 13.2 Å². The summed E-state index contributed by atoms with van der Waals surface area (Å²) in [7, 11) is 3.41. The molecular formula is C20H27F3IN3O. The largest absolute Gasteiger partial charge is 0.416 e. The highest BCUT2D eigenvalue weighted by atomic mass is 127. The second-order valence-electron chi connectivity index (χ2n) is 6.75. The third kappa shape index (κ3) is 7.51. The van der Waals surface area contributed by atoms with Crippen LogP contribution in [0.5, 0.6) is 0 Å². The molecule has 0 amide bonds. The van der Waals surface area contributed by atoms with E-state index < -0.39 is 11.7 Å². The summed E-state index contributed by atoms with van der Waals surface area (Å²) < 4.78 is 42.8. The fourth-order valence-electron chi connectivity index (χ4n) is 3.02. The van der Waals surface area contributed by atoms with E-state index in [-0.39, 0.29) is 29.4 Å². The molecule has 156 valence electrons. The molecule has 1 aromatic carbocycles. The minimum atomic E-state index is -4.33. The van der Waals surface area contributed by atoms with Gasteiger partial charge in [0.05, 0.1) is 12.1 Å². The highest BCUT2D eigenvalue weighted by molar-refractivity contribution is 14.0. The summed E-state index contributed by atoms with van der Waals surface area (Å²) in [6.45, 7) is 1.94. The lowest BCUT2D eigenvalue weighted by atomic mass is 9.67. The fourth-order valence-corrected chi connectivity index (χ4v) is 3.02. The Kier molecular flexibility index (Phi) is 10.1. The third-order valence-electron chi connectivity index (χ3n) is 4.89. The maximum atomic E-state index is 12.5. The number of nitrogens with zero attached hydrogens (tertiary/aromatic N) is 1. The highest BCUT2D eigenvalue weighted by Crippen LogP contribution is 2.43. The van der Waals surface area contributed by atoms with Gasteiger partial charge in [0.1, 0.15) is 0 Å². The van der Waals surface area contributed by atoms with Crippen molar-refractivity contribution in [2.24, 2.45) is 10.4 Å². The molecule has 0 bridgehead atoms. The molecule has 2 rings (SSSR count). The third-order valence-corrected chi connectivity index (χ3v) is 4.89. The van der Waals surface area contributed by atoms with Crippen molar-refractivity contribution in [2.45, 2.75) is 31.9 Å². The maximum Gasteiger partial charge on any atom is 0.416 e. The lowest BCUT2D eigenvalue weighted by molar-refractivity contribution is -0.137. The zero-order valence-corrected chi connectivity index (χ0v) is 18.5. The number of guanidine groups is 1. The van der Waals surface area contributed by atoms with Crippen LogP contribution in [0.3, 0.4) is 0 Å². The molecule has 0 spiro atoms. The lowest BCUT2D eigenvalue weighted by Crippen LogP contribution is -2.47. The predicted molar refractivity (Wildman–Crippen MR) is 116 cm³/mol. The van der Waals surface area contributed by atoms with Gasteiger partial charge in [-0.25, -0.2) is 0 Å². The number of nitrogens with one attached hydrogen (secondary N) is 2. The van der Waals surface area contributed by atoms with Gasteiger partial charge in [0.2, 0.25) is 0 Å². The van der Waals surface area contributed by atoms with Crippen molar-refractivity contribution < 1.29 is 17.9 Å². The molecular weight excluding hydrogens is 482 g/mol. The van der Waals surface area contributed by atoms with Crippen molar-refractivity contribution in [3.8, 4) is 11.8 Å². The van der Waals surface area contributed by atoms with Crippen molar-refractivity contribution >= 4 is 29.9 Å². The Morgan fingerprint density at radius 3 is 2.39 bits per heavy atom. The van der Waals surface area contributed by atoms with Gasteiger partial charge in [0.15, 0.2) is 5.96 Å². The van der Waals surface area contributed by atoms with Crippen LogP contribution in [0.25, 0.3) is 0 Å². The fraction of sp³-hybridized carbons (Fsp3) is 0.550. The first-order valence-corrected chi connectivity index (χ1v) is 8.98. The Morgan fingerprint density at radius 1 is 1.21 bits per heavy atom. The molecule has 1 saturated carbocycles. The monoisotopic (exact) mass is 509 g/mol. The first kappa shape index (κ1) is 24.6. The molecule has 0 atom stereocenters. The van der Waals surface area contributed by atoms with Gasteiger partial charge in [-0.15, -0.1) is 24.0 Å². The van der Waals surface area contributed by atoms with Crippen LogP contribution in [0.15, 0.2) is 29.3 Å². The van der Waals surface area contributed by atoms with E-state index in [9.17, 15) is 13.2 Å². The number of benzene rings is 1. The summed E-state index contributed by atoms with van der Waals surface area (Å²) >= 11 is 0. The summed E-state index contributed by atoms with van der Waals surface area (Å²) in [6, 6.07) is 4.82. The van der Waals surface area contributed by atoms with E-state index in [2.05, 4.69) is 27.5 Å². The van der Waals surface area contributed by atoms with E-state index in [4.69, 9.17) is 4.74 Å². The van der Waals surface area contributed by atoms with Gasteiger partial charge < -0.3 is 15.4 Å². The quantitative estimate of drug-likeness (QED) is 0.264. The van der Waals surface area contributed by atoms with Gasteiger partial charge >= 0.3 is 6.18 Å². The Bertz CT molecular complexity index is 689. The van der Waals surface area contributed by atoms with Gasteiger partial charge in [0.25, 0.3) is 0 Å². The molecule has 0 aromatic heterocycles. The van der Waals surface area contributed by atoms with Crippen LogP contribution in [0.2, 0.25) is 0 Å². The molecule has 0 radical (unpaired) electrons. The van der Waals surface area contributed by atoms with Crippen LogP contribution in [0.4, 0.5) is 13.2 Å². The summed E-state index contributed by atoms with van der Waals surface area (Å²) in [5.74, 6) is 6.41. The first-order chi connectivity index (χ1) is 12.9. The Labute approximate surface area is 181 Å². The van der Waals surface area contributed by atoms with Crippen LogP contribution in [-0.4, -0.2) is 39.8 Å². The molecule has 1 aromatic rings. The van der Waals surface area contributed by atoms with Crippen molar-refractivity contribution in [1.82, 2.24) is 10.6 Å². The minimum Gasteiger partial charge on any atom is -0.385 e. The minimum absolute atomic E-state index is 0. The Balaban J connectivity index is 0.00000392. The average Bonchev–Trinajstić information content (AvgIpc) is 2.61. The molecule has 1 aliphatic carbocycles. The van der Waals surface area contributed by atoms with E-state index in [1.807, 2.05) is 0 Å². The molecule has 0 heterocycles. The van der Waals surface area contributed by atoms with Gasteiger partial charge in [-0.3, -0.25) is 4.99 Å². The van der Waals surface area contributed by atoms with E-state index >= 15 is 0 Å². The van der Waals surface area contributed by atoms with Gasteiger partial charge in [-0.05, 0) is 48.9 Å². The van der Waals surface area contributed by atoms with Crippen LogP contribution in [-0.2, 0) is 10.9 Å². The van der Waals surface area contributed by atoms with Crippen molar-refractivity contribution in [3.05, 3.63) is 35.4 Å². The molecule has 0 unspecified atom stereocenters. The average molecular weight is 509 g/mol. The van der Waals surface area contributed by atoms with E-state index in [0.29, 0.717) is 18.1 Å². The molecule has 0 saturated heterocycles. The summed E-state index contributed by atoms with van der Waals surface area (Å²) in [6.07, 6.45) is 0.326. The first-order valence-electron chi connectivity index (χ1n) is 8.98. The van der Waals surface area contributed by atoms with Crippen molar-refractivity contribution in [1.29, 1.82) is 0 Å². The van der Waals surface area contributed by atoms with Crippen molar-refractivity contribution in [2.75, 3.05) is 33.9 Å². The van der Waals surface area contributed by atoms with Gasteiger partial charge in [-0.1, -0.05) is 18.3 Å². The molecule has 8 heteroatoms. The number of alkyl halides is 3. The number of methoxy groups -OCH3 is 1. The Morgan fingerprint density at radius 2 is 1.89 bits per heavy atom. The summed E-state index contributed by atoms with van der Waals surface area (Å²) in [5.41, 5.74) is 0.148. The summed E-state index contributed by atoms with van der Waals surface area (Å²) in [5, 5.41) is 6.44. The molecule has 2 N–H and O–H groups in total.